The summed E-state index contributed by atoms with van der Waals surface area (Å²) in [5, 5.41) is 17.6. The van der Waals surface area contributed by atoms with Crippen LogP contribution in [0.15, 0.2) is 59.2 Å². The number of fused-ring (bicyclic) bond motifs is 1. The van der Waals surface area contributed by atoms with E-state index in [9.17, 15) is 10.1 Å². The number of hydrogen-bond donors (Lipinski definition) is 1. The Kier molecular flexibility index (Phi) is 5.69. The van der Waals surface area contributed by atoms with Crippen molar-refractivity contribution in [3.8, 4) is 17.6 Å². The normalized spacial score (nSPS) is 10.6. The molecule has 1 N–H and O–H groups in total. The Morgan fingerprint density at radius 3 is 2.74 bits per heavy atom. The van der Waals surface area contributed by atoms with Gasteiger partial charge in [-0.25, -0.2) is 4.98 Å². The van der Waals surface area contributed by atoms with Gasteiger partial charge in [0.25, 0.3) is 0 Å². The second-order valence-electron chi connectivity index (χ2n) is 6.94. The molecule has 2 aromatic carbocycles. The van der Waals surface area contributed by atoms with E-state index in [2.05, 4.69) is 32.4 Å². The number of methoxy groups -OCH3 is 1. The lowest BCUT2D eigenvalue weighted by Crippen LogP contribution is -2.18. The van der Waals surface area contributed by atoms with Crippen molar-refractivity contribution in [3.05, 3.63) is 75.9 Å². The second-order valence-corrected chi connectivity index (χ2v) is 7.85. The van der Waals surface area contributed by atoms with Gasteiger partial charge in [0, 0.05) is 9.86 Å². The topological polar surface area (TPSA) is 92.8 Å². The molecule has 0 unspecified atom stereocenters. The second kappa shape index (κ2) is 8.58. The number of amides is 1. The quantitative estimate of drug-likeness (QED) is 0.456. The number of nitriles is 1. The van der Waals surface area contributed by atoms with Gasteiger partial charge in [-0.15, -0.1) is 0 Å². The average molecular weight is 476 g/mol. The van der Waals surface area contributed by atoms with Gasteiger partial charge in [-0.2, -0.15) is 15.0 Å². The largest absolute Gasteiger partial charge is 0.494 e. The first-order valence-corrected chi connectivity index (χ1v) is 10.3. The van der Waals surface area contributed by atoms with Gasteiger partial charge in [-0.1, -0.05) is 40.2 Å². The molecule has 31 heavy (non-hydrogen) atoms. The lowest BCUT2D eigenvalue weighted by Gasteiger charge is -2.12. The number of carbonyl (C=O) groups is 1. The van der Waals surface area contributed by atoms with Crippen LogP contribution >= 0.6 is 15.9 Å². The molecule has 0 fully saturated rings. The monoisotopic (exact) mass is 475 g/mol. The summed E-state index contributed by atoms with van der Waals surface area (Å²) in [6, 6.07) is 17.1. The van der Waals surface area contributed by atoms with E-state index >= 15 is 0 Å². The number of carbonyl (C=O) groups excluding carboxylic acids is 1. The van der Waals surface area contributed by atoms with Crippen LogP contribution in [-0.4, -0.2) is 27.8 Å². The summed E-state index contributed by atoms with van der Waals surface area (Å²) in [4.78, 5) is 17.4. The molecule has 1 amide bonds. The highest BCUT2D eigenvalue weighted by Crippen LogP contribution is 2.29. The number of benzene rings is 2. The third-order valence-electron chi connectivity index (χ3n) is 4.86. The molecule has 7 nitrogen and oxygen atoms in total. The highest BCUT2D eigenvalue weighted by Gasteiger charge is 2.18. The van der Waals surface area contributed by atoms with Crippen LogP contribution in [0.4, 0.5) is 5.82 Å². The average Bonchev–Trinajstić information content (AvgIpc) is 3.17. The first-order valence-electron chi connectivity index (χ1n) is 9.47. The van der Waals surface area contributed by atoms with Gasteiger partial charge in [0.05, 0.1) is 19.7 Å². The maximum Gasteiger partial charge on any atom is 0.229 e. The minimum Gasteiger partial charge on any atom is -0.494 e. The first kappa shape index (κ1) is 20.6. The van der Waals surface area contributed by atoms with Gasteiger partial charge >= 0.3 is 0 Å². The lowest BCUT2D eigenvalue weighted by molar-refractivity contribution is -0.115. The number of rotatable bonds is 5. The van der Waals surface area contributed by atoms with Crippen LogP contribution in [0.3, 0.4) is 0 Å². The number of hydrogen-bond acceptors (Lipinski definition) is 5. The van der Waals surface area contributed by atoms with E-state index in [-0.39, 0.29) is 23.7 Å². The predicted molar refractivity (Wildman–Crippen MR) is 121 cm³/mol. The number of aryl methyl sites for hydroxylation is 1. The van der Waals surface area contributed by atoms with Crippen molar-refractivity contribution >= 4 is 38.6 Å². The van der Waals surface area contributed by atoms with Gasteiger partial charge < -0.3 is 10.1 Å². The molecular formula is C23H18BrN5O2. The Hall–Kier alpha value is -3.70. The number of anilines is 1. The Bertz CT molecular complexity index is 1320. The molecule has 8 heteroatoms. The third kappa shape index (κ3) is 4.13. The van der Waals surface area contributed by atoms with Gasteiger partial charge in [0.2, 0.25) is 5.91 Å². The summed E-state index contributed by atoms with van der Waals surface area (Å²) < 4.78 is 7.86. The predicted octanol–water partition coefficient (Wildman–Crippen LogP) is 4.55. The Morgan fingerprint density at radius 1 is 1.26 bits per heavy atom. The molecule has 0 saturated carbocycles. The number of para-hydroxylation sites is 1. The molecule has 2 aromatic heterocycles. The maximum atomic E-state index is 12.7. The minimum absolute atomic E-state index is 0.168. The van der Waals surface area contributed by atoms with Crippen LogP contribution in [0.5, 0.6) is 5.75 Å². The third-order valence-corrected chi connectivity index (χ3v) is 5.39. The molecule has 154 valence electrons. The molecule has 0 aliphatic heterocycles. The molecule has 0 spiro atoms. The van der Waals surface area contributed by atoms with Crippen molar-refractivity contribution < 1.29 is 9.53 Å². The number of pyridine rings is 1. The van der Waals surface area contributed by atoms with Crippen LogP contribution < -0.4 is 10.1 Å². The van der Waals surface area contributed by atoms with E-state index in [1.807, 2.05) is 55.5 Å². The van der Waals surface area contributed by atoms with Crippen molar-refractivity contribution in [3.63, 3.8) is 0 Å². The summed E-state index contributed by atoms with van der Waals surface area (Å²) in [5.74, 6) is 1.15. The maximum absolute atomic E-state index is 12.7. The summed E-state index contributed by atoms with van der Waals surface area (Å²) in [6.45, 7) is 1.97. The smallest absolute Gasteiger partial charge is 0.229 e. The highest BCUT2D eigenvalue weighted by molar-refractivity contribution is 9.10. The summed E-state index contributed by atoms with van der Waals surface area (Å²) in [5.41, 5.74) is 2.76. The molecule has 0 bridgehead atoms. The fourth-order valence-corrected chi connectivity index (χ4v) is 3.60. The van der Waals surface area contributed by atoms with E-state index in [1.54, 1.807) is 7.11 Å². The Labute approximate surface area is 187 Å². The van der Waals surface area contributed by atoms with E-state index < -0.39 is 0 Å². The Balaban J connectivity index is 1.72. The number of nitrogens with one attached hydrogen (secondary N) is 1. The first-order chi connectivity index (χ1) is 15.0. The molecule has 0 saturated heterocycles. The molecule has 4 rings (SSSR count). The lowest BCUT2D eigenvalue weighted by atomic mass is 10.1. The van der Waals surface area contributed by atoms with E-state index in [0.29, 0.717) is 17.1 Å². The van der Waals surface area contributed by atoms with Crippen LogP contribution in [0, 0.1) is 18.3 Å². The number of aromatic nitrogens is 3. The fraction of sp³-hybridized carbons (Fsp3) is 0.130. The molecular weight excluding hydrogens is 458 g/mol. The fourth-order valence-electron chi connectivity index (χ4n) is 3.34. The van der Waals surface area contributed by atoms with Crippen LogP contribution in [-0.2, 0) is 11.2 Å². The summed E-state index contributed by atoms with van der Waals surface area (Å²) in [6.07, 6.45) is 1.58. The van der Waals surface area contributed by atoms with Crippen molar-refractivity contribution in [1.82, 2.24) is 14.8 Å². The van der Waals surface area contributed by atoms with Gasteiger partial charge in [-0.3, -0.25) is 4.79 Å². The van der Waals surface area contributed by atoms with Gasteiger partial charge in [0.15, 0.2) is 11.6 Å². The molecule has 0 aliphatic carbocycles. The SMILES string of the molecule is COc1cccc2c(C)cc(-n3ncc(C#N)c3NC(=O)Cc3ccc(Br)cc3)nc12. The van der Waals surface area contributed by atoms with Crippen LogP contribution in [0.25, 0.3) is 16.7 Å². The van der Waals surface area contributed by atoms with Crippen molar-refractivity contribution in [2.45, 2.75) is 13.3 Å². The molecule has 0 atom stereocenters. The van der Waals surface area contributed by atoms with Crippen molar-refractivity contribution in [1.29, 1.82) is 5.26 Å². The van der Waals surface area contributed by atoms with Gasteiger partial charge in [0.1, 0.15) is 22.9 Å². The molecule has 0 aliphatic rings. The standard InChI is InChI=1S/C23H18BrN5O2/c1-14-10-20(27-22-18(14)4-3-5-19(22)31-2)29-23(16(12-25)13-26-29)28-21(30)11-15-6-8-17(24)9-7-15/h3-10,13H,11H2,1-2H3,(H,28,30). The van der Waals surface area contributed by atoms with Crippen LogP contribution in [0.2, 0.25) is 0 Å². The van der Waals surface area contributed by atoms with Crippen LogP contribution in [0.1, 0.15) is 16.7 Å². The van der Waals surface area contributed by atoms with Crippen molar-refractivity contribution in [2.75, 3.05) is 12.4 Å². The van der Waals surface area contributed by atoms with E-state index in [1.165, 1.54) is 10.9 Å². The molecule has 2 heterocycles. The minimum atomic E-state index is -0.254. The number of ether oxygens (including phenoxy) is 1. The van der Waals surface area contributed by atoms with Crippen molar-refractivity contribution in [2.24, 2.45) is 0 Å². The summed E-state index contributed by atoms with van der Waals surface area (Å²) >= 11 is 3.38. The van der Waals surface area contributed by atoms with E-state index in [4.69, 9.17) is 9.72 Å². The van der Waals surface area contributed by atoms with E-state index in [0.717, 1.165) is 21.0 Å². The summed E-state index contributed by atoms with van der Waals surface area (Å²) in [7, 11) is 1.59. The molecule has 4 aromatic rings. The number of nitrogens with zero attached hydrogens (tertiary/aromatic N) is 4. The number of halogens is 1. The zero-order chi connectivity index (χ0) is 22.0. The zero-order valence-electron chi connectivity index (χ0n) is 16.9. The molecule has 0 radical (unpaired) electrons. The highest BCUT2D eigenvalue weighted by atomic mass is 79.9. The van der Waals surface area contributed by atoms with Gasteiger partial charge in [-0.05, 0) is 42.3 Å². The Morgan fingerprint density at radius 2 is 2.03 bits per heavy atom. The zero-order valence-corrected chi connectivity index (χ0v) is 18.5.